The Morgan fingerprint density at radius 3 is 2.67 bits per heavy atom. The molecule has 2 aromatic heterocycles. The maximum absolute atomic E-state index is 4.61. The number of aromatic amines is 1. The number of H-pyrrole nitrogens is 1. The number of allylic oxidation sites excluding steroid dienone is 1. The van der Waals surface area contributed by atoms with Gasteiger partial charge in [-0.2, -0.15) is 20.5 Å². The van der Waals surface area contributed by atoms with Crippen LogP contribution < -0.4 is 10.6 Å². The third-order valence-electron chi connectivity index (χ3n) is 4.41. The molecule has 0 unspecified atom stereocenters. The average molecular weight is 321 g/mol. The van der Waals surface area contributed by atoms with E-state index in [2.05, 4.69) is 72.1 Å². The number of nitrogens with zero attached hydrogens (tertiary/aromatic N) is 4. The molecule has 0 spiro atoms. The van der Waals surface area contributed by atoms with Gasteiger partial charge in [0, 0.05) is 5.22 Å². The van der Waals surface area contributed by atoms with Gasteiger partial charge in [-0.1, -0.05) is 38.1 Å². The molecule has 1 N–H and O–H groups in total. The normalized spacial score (nSPS) is 14.7. The lowest BCUT2D eigenvalue weighted by Crippen LogP contribution is -2.31. The number of benzene rings is 1. The minimum absolute atomic E-state index is 0.103. The number of aromatic nitrogens is 5. The van der Waals surface area contributed by atoms with E-state index in [0.717, 1.165) is 32.7 Å². The van der Waals surface area contributed by atoms with Gasteiger partial charge >= 0.3 is 0 Å². The predicted octanol–water partition coefficient (Wildman–Crippen LogP) is 2.56. The highest BCUT2D eigenvalue weighted by molar-refractivity contribution is 5.74. The van der Waals surface area contributed by atoms with Gasteiger partial charge in [-0.15, -0.1) is 0 Å². The van der Waals surface area contributed by atoms with Crippen molar-refractivity contribution in [1.29, 1.82) is 0 Å². The van der Waals surface area contributed by atoms with Gasteiger partial charge in [0.1, 0.15) is 11.0 Å². The fourth-order valence-electron chi connectivity index (χ4n) is 2.73. The summed E-state index contributed by atoms with van der Waals surface area (Å²) in [6.07, 6.45) is 6.13. The van der Waals surface area contributed by atoms with E-state index in [1.54, 1.807) is 0 Å². The van der Waals surface area contributed by atoms with Crippen LogP contribution in [0.5, 0.6) is 0 Å². The van der Waals surface area contributed by atoms with Crippen molar-refractivity contribution >= 4 is 23.2 Å². The maximum atomic E-state index is 4.61. The van der Waals surface area contributed by atoms with Crippen molar-refractivity contribution in [2.75, 3.05) is 0 Å². The minimum Gasteiger partial charge on any atom is -0.258 e. The molecule has 0 saturated carbocycles. The van der Waals surface area contributed by atoms with E-state index in [1.165, 1.54) is 0 Å². The second kappa shape index (κ2) is 6.43. The number of nitrogens with one attached hydrogen (secondary N) is 1. The third kappa shape index (κ3) is 2.89. The molecule has 5 heteroatoms. The van der Waals surface area contributed by atoms with Gasteiger partial charge < -0.3 is 0 Å². The molecule has 0 bridgehead atoms. The number of rotatable bonds is 4. The van der Waals surface area contributed by atoms with Gasteiger partial charge in [0.05, 0.1) is 17.6 Å². The molecule has 124 valence electrons. The maximum Gasteiger partial charge on any atom is 0.113 e. The van der Waals surface area contributed by atoms with Gasteiger partial charge in [0.15, 0.2) is 0 Å². The molecular weight excluding hydrogens is 298 g/mol. The van der Waals surface area contributed by atoms with Crippen LogP contribution in [0.15, 0.2) is 36.5 Å². The first-order valence-electron chi connectivity index (χ1n) is 8.22. The first-order valence-corrected chi connectivity index (χ1v) is 8.22. The van der Waals surface area contributed by atoms with Gasteiger partial charge in [-0.25, -0.2) is 0 Å². The van der Waals surface area contributed by atoms with Crippen LogP contribution in [0.25, 0.3) is 23.2 Å². The largest absolute Gasteiger partial charge is 0.258 e. The van der Waals surface area contributed by atoms with Crippen molar-refractivity contribution in [3.05, 3.63) is 52.7 Å². The van der Waals surface area contributed by atoms with E-state index in [-0.39, 0.29) is 6.04 Å². The molecule has 0 saturated heterocycles. The highest BCUT2D eigenvalue weighted by atomic mass is 15.3. The molecule has 0 aliphatic rings. The van der Waals surface area contributed by atoms with E-state index < -0.39 is 0 Å². The highest BCUT2D eigenvalue weighted by Gasteiger charge is 2.12. The molecule has 0 radical (unpaired) electrons. The van der Waals surface area contributed by atoms with Crippen LogP contribution in [0, 0.1) is 5.92 Å². The molecule has 5 nitrogen and oxygen atoms in total. The minimum atomic E-state index is 0.103. The summed E-state index contributed by atoms with van der Waals surface area (Å²) >= 11 is 0. The average Bonchev–Trinajstić information content (AvgIpc) is 3.19. The Kier molecular flexibility index (Phi) is 4.34. The summed E-state index contributed by atoms with van der Waals surface area (Å²) in [6.45, 7) is 12.6. The van der Waals surface area contributed by atoms with Gasteiger partial charge in [0.2, 0.25) is 0 Å². The summed E-state index contributed by atoms with van der Waals surface area (Å²) in [6, 6.07) is 6.22. The Morgan fingerprint density at radius 1 is 1.21 bits per heavy atom. The lowest BCUT2D eigenvalue weighted by molar-refractivity contribution is 0.549. The van der Waals surface area contributed by atoms with Crippen LogP contribution in [0.1, 0.15) is 39.3 Å². The lowest BCUT2D eigenvalue weighted by atomic mass is 10.0. The van der Waals surface area contributed by atoms with E-state index in [9.17, 15) is 0 Å². The molecule has 2 heterocycles. The summed E-state index contributed by atoms with van der Waals surface area (Å²) in [7, 11) is 0. The highest BCUT2D eigenvalue weighted by Crippen LogP contribution is 2.19. The van der Waals surface area contributed by atoms with Crippen LogP contribution in [-0.4, -0.2) is 25.2 Å². The summed E-state index contributed by atoms with van der Waals surface area (Å²) in [5.41, 5.74) is 4.00. The molecule has 0 fully saturated rings. The van der Waals surface area contributed by atoms with Gasteiger partial charge in [-0.05, 0) is 43.5 Å². The Morgan fingerprint density at radius 2 is 1.96 bits per heavy atom. The first-order chi connectivity index (χ1) is 11.5. The third-order valence-corrected chi connectivity index (χ3v) is 4.41. The predicted molar refractivity (Wildman–Crippen MR) is 97.8 cm³/mol. The smallest absolute Gasteiger partial charge is 0.113 e. The summed E-state index contributed by atoms with van der Waals surface area (Å²) in [4.78, 5) is 0. The van der Waals surface area contributed by atoms with Crippen LogP contribution in [0.2, 0.25) is 0 Å². The van der Waals surface area contributed by atoms with Crippen molar-refractivity contribution in [1.82, 2.24) is 25.2 Å². The fraction of sp³-hybridized carbons (Fsp3) is 0.316. The van der Waals surface area contributed by atoms with Crippen molar-refractivity contribution < 1.29 is 0 Å². The second-order valence-corrected chi connectivity index (χ2v) is 6.34. The monoisotopic (exact) mass is 321 g/mol. The molecule has 0 aliphatic heterocycles. The topological polar surface area (TPSA) is 59.4 Å². The quantitative estimate of drug-likeness (QED) is 0.803. The molecule has 0 amide bonds. The van der Waals surface area contributed by atoms with E-state index in [1.807, 2.05) is 23.9 Å². The van der Waals surface area contributed by atoms with E-state index in [0.29, 0.717) is 5.92 Å². The van der Waals surface area contributed by atoms with E-state index >= 15 is 0 Å². The molecule has 3 rings (SSSR count). The van der Waals surface area contributed by atoms with Crippen LogP contribution in [-0.2, 0) is 0 Å². The number of hydrogen-bond acceptors (Lipinski definition) is 3. The fourth-order valence-corrected chi connectivity index (χ4v) is 2.73. The van der Waals surface area contributed by atoms with Crippen molar-refractivity contribution in [3.8, 4) is 0 Å². The summed E-state index contributed by atoms with van der Waals surface area (Å²) in [5.74, 6) is 0.421. The molecule has 1 atom stereocenters. The van der Waals surface area contributed by atoms with Crippen molar-refractivity contribution in [2.24, 2.45) is 5.92 Å². The molecule has 1 aromatic carbocycles. The Balaban J connectivity index is 2.06. The first kappa shape index (κ1) is 16.2. The zero-order valence-electron chi connectivity index (χ0n) is 14.6. The Labute approximate surface area is 141 Å². The van der Waals surface area contributed by atoms with Crippen molar-refractivity contribution in [2.45, 2.75) is 33.7 Å². The van der Waals surface area contributed by atoms with Gasteiger partial charge in [-0.3, -0.25) is 4.68 Å². The number of hydrogen-bond donors (Lipinski definition) is 1. The van der Waals surface area contributed by atoms with E-state index in [4.69, 9.17) is 0 Å². The summed E-state index contributed by atoms with van der Waals surface area (Å²) in [5, 5.41) is 17.7. The standard InChI is InChI=1S/C19H23N5/c1-6-19-16(9-13(4)12(2)3)11-20-24(19)14(5)15-7-8-17-18(10-15)22-23-21-17/h6-12,14H,4H2,1-3,5H3,(H,21,22,23)/b16-9-,19-6+/t14-/m0/s1. The van der Waals surface area contributed by atoms with Crippen molar-refractivity contribution in [3.63, 3.8) is 0 Å². The van der Waals surface area contributed by atoms with Crippen LogP contribution in [0.4, 0.5) is 0 Å². The Bertz CT molecular complexity index is 990. The molecular formula is C19H23N5. The zero-order valence-corrected chi connectivity index (χ0v) is 14.6. The Hall–Kier alpha value is -2.69. The molecule has 24 heavy (non-hydrogen) atoms. The lowest BCUT2D eigenvalue weighted by Gasteiger charge is -2.13. The summed E-state index contributed by atoms with van der Waals surface area (Å²) < 4.78 is 2.04. The molecule has 0 aliphatic carbocycles. The number of fused-ring (bicyclic) bond motifs is 1. The molecule has 3 aromatic rings. The van der Waals surface area contributed by atoms with Gasteiger partial charge in [0.25, 0.3) is 0 Å². The van der Waals surface area contributed by atoms with Crippen LogP contribution in [0.3, 0.4) is 0 Å². The SMILES string of the molecule is C=C(/C=c1/cnn([C@@H](C)c2ccc3n[nH]nc3c2)/c1=C/C)C(C)C. The van der Waals surface area contributed by atoms with Crippen LogP contribution >= 0.6 is 0 Å². The zero-order chi connectivity index (χ0) is 17.3. The second-order valence-electron chi connectivity index (χ2n) is 6.34.